The van der Waals surface area contributed by atoms with Gasteiger partial charge in [0.2, 0.25) is 5.91 Å². The largest absolute Gasteiger partial charge is 0.347 e. The van der Waals surface area contributed by atoms with Crippen LogP contribution in [0.5, 0.6) is 0 Å². The zero-order valence-corrected chi connectivity index (χ0v) is 14.3. The number of aryl methyl sites for hydroxylation is 2. The molecule has 124 valence electrons. The van der Waals surface area contributed by atoms with Crippen LogP contribution in [0.2, 0.25) is 0 Å². The van der Waals surface area contributed by atoms with Gasteiger partial charge < -0.3 is 5.32 Å². The van der Waals surface area contributed by atoms with E-state index in [0.717, 1.165) is 11.3 Å². The average molecular weight is 342 g/mol. The lowest BCUT2D eigenvalue weighted by molar-refractivity contribution is -0.121. The van der Waals surface area contributed by atoms with Gasteiger partial charge in [0.1, 0.15) is 11.4 Å². The second-order valence-electron chi connectivity index (χ2n) is 5.63. The number of carbonyl (C=O) groups is 1. The molecule has 7 heteroatoms. The molecule has 3 rings (SSSR count). The average Bonchev–Trinajstić information content (AvgIpc) is 3.20. The van der Waals surface area contributed by atoms with E-state index in [2.05, 4.69) is 36.7 Å². The highest BCUT2D eigenvalue weighted by Crippen LogP contribution is 2.21. The van der Waals surface area contributed by atoms with Crippen LogP contribution in [0, 0.1) is 13.8 Å². The van der Waals surface area contributed by atoms with E-state index in [1.807, 2.05) is 24.4 Å². The van der Waals surface area contributed by atoms with Gasteiger partial charge in [0.05, 0.1) is 18.2 Å². The number of pyridine rings is 1. The van der Waals surface area contributed by atoms with Crippen molar-refractivity contribution in [2.45, 2.75) is 32.7 Å². The van der Waals surface area contributed by atoms with Crippen molar-refractivity contribution in [2.75, 3.05) is 0 Å². The minimum atomic E-state index is -0.187. The Morgan fingerprint density at radius 3 is 2.88 bits per heavy atom. The summed E-state index contributed by atoms with van der Waals surface area (Å²) in [6, 6.07) is 5.77. The Morgan fingerprint density at radius 2 is 2.21 bits per heavy atom. The molecule has 3 aromatic rings. The molecule has 0 unspecified atom stereocenters. The molecule has 24 heavy (non-hydrogen) atoms. The molecule has 0 bridgehead atoms. The van der Waals surface area contributed by atoms with E-state index in [0.29, 0.717) is 17.8 Å². The van der Waals surface area contributed by atoms with Gasteiger partial charge in [0.15, 0.2) is 0 Å². The van der Waals surface area contributed by atoms with Crippen molar-refractivity contribution < 1.29 is 9.42 Å². The molecule has 0 aromatic carbocycles. The molecule has 0 fully saturated rings. The first-order valence-electron chi connectivity index (χ1n) is 7.63. The Hall–Kier alpha value is -2.54. The highest BCUT2D eigenvalue weighted by Gasteiger charge is 2.20. The van der Waals surface area contributed by atoms with Crippen LogP contribution in [0.25, 0.3) is 0 Å². The monoisotopic (exact) mass is 342 g/mol. The van der Waals surface area contributed by atoms with Crippen molar-refractivity contribution in [2.24, 2.45) is 0 Å². The predicted molar refractivity (Wildman–Crippen MR) is 90.6 cm³/mol. The second-order valence-corrected chi connectivity index (χ2v) is 6.41. The van der Waals surface area contributed by atoms with Crippen molar-refractivity contribution in [1.82, 2.24) is 20.6 Å². The first-order chi connectivity index (χ1) is 11.6. The van der Waals surface area contributed by atoms with E-state index in [-0.39, 0.29) is 18.4 Å². The molecule has 0 aliphatic carbocycles. The number of carbonyl (C=O) groups excluding carboxylic acids is 1. The first-order valence-corrected chi connectivity index (χ1v) is 8.57. The first kappa shape index (κ1) is 16.3. The normalized spacial score (nSPS) is 12.1. The van der Waals surface area contributed by atoms with Crippen molar-refractivity contribution in [1.29, 1.82) is 0 Å². The van der Waals surface area contributed by atoms with E-state index in [1.165, 1.54) is 5.56 Å². The number of rotatable bonds is 6. The van der Waals surface area contributed by atoms with Gasteiger partial charge in [-0.3, -0.25) is 9.78 Å². The fraction of sp³-hybridized carbons (Fsp3) is 0.294. The van der Waals surface area contributed by atoms with Gasteiger partial charge in [-0.25, -0.2) is 4.63 Å². The molecule has 1 amide bonds. The molecular weight excluding hydrogens is 324 g/mol. The van der Waals surface area contributed by atoms with Crippen LogP contribution >= 0.6 is 11.3 Å². The Bertz CT molecular complexity index is 814. The minimum absolute atomic E-state index is 0.126. The molecule has 3 aromatic heterocycles. The van der Waals surface area contributed by atoms with Gasteiger partial charge in [-0.05, 0) is 54.3 Å². The summed E-state index contributed by atoms with van der Waals surface area (Å²) in [4.78, 5) is 16.9. The maximum atomic E-state index is 12.4. The van der Waals surface area contributed by atoms with Crippen LogP contribution in [0.15, 0.2) is 39.8 Å². The maximum Gasteiger partial charge on any atom is 0.226 e. The highest BCUT2D eigenvalue weighted by molar-refractivity contribution is 7.07. The SMILES string of the molecule is Cc1cccnc1[C@@H](Cc1ccsc1)NC(=O)Cc1nonc1C. The van der Waals surface area contributed by atoms with Crippen LogP contribution in [0.4, 0.5) is 0 Å². The lowest BCUT2D eigenvalue weighted by atomic mass is 10.0. The van der Waals surface area contributed by atoms with E-state index in [9.17, 15) is 4.79 Å². The molecule has 3 heterocycles. The summed E-state index contributed by atoms with van der Waals surface area (Å²) in [5.74, 6) is -0.126. The number of aromatic nitrogens is 3. The summed E-state index contributed by atoms with van der Waals surface area (Å²) in [7, 11) is 0. The fourth-order valence-electron chi connectivity index (χ4n) is 2.53. The second kappa shape index (κ2) is 7.35. The van der Waals surface area contributed by atoms with Crippen LogP contribution in [0.3, 0.4) is 0 Å². The maximum absolute atomic E-state index is 12.4. The molecule has 0 aliphatic heterocycles. The third-order valence-corrected chi connectivity index (χ3v) is 4.54. The van der Waals surface area contributed by atoms with Crippen LogP contribution in [0.1, 0.15) is 34.3 Å². The molecule has 0 radical (unpaired) electrons. The van der Waals surface area contributed by atoms with Crippen LogP contribution in [-0.2, 0) is 17.6 Å². The molecule has 1 N–H and O–H groups in total. The topological polar surface area (TPSA) is 80.9 Å². The Kier molecular flexibility index (Phi) is 5.00. The van der Waals surface area contributed by atoms with Gasteiger partial charge in [0.25, 0.3) is 0 Å². The standard InChI is InChI=1S/C17H18N4O2S/c1-11-4-3-6-18-17(11)15(8-13-5-7-24-10-13)19-16(22)9-14-12(2)20-23-21-14/h3-7,10,15H,8-9H2,1-2H3,(H,19,22)/t15-/m1/s1. The third kappa shape index (κ3) is 3.86. The Labute approximate surface area is 143 Å². The lowest BCUT2D eigenvalue weighted by Gasteiger charge is -2.19. The predicted octanol–water partition coefficient (Wildman–Crippen LogP) is 2.79. The summed E-state index contributed by atoms with van der Waals surface area (Å²) in [5.41, 5.74) is 4.30. The molecular formula is C17H18N4O2S. The quantitative estimate of drug-likeness (QED) is 0.745. The number of hydrogen-bond acceptors (Lipinski definition) is 6. The zero-order valence-electron chi connectivity index (χ0n) is 13.5. The van der Waals surface area contributed by atoms with Crippen molar-refractivity contribution in [3.05, 3.63) is 63.4 Å². The Morgan fingerprint density at radius 1 is 1.33 bits per heavy atom. The van der Waals surface area contributed by atoms with Crippen molar-refractivity contribution in [3.8, 4) is 0 Å². The number of thiophene rings is 1. The van der Waals surface area contributed by atoms with E-state index >= 15 is 0 Å². The summed E-state index contributed by atoms with van der Waals surface area (Å²) in [5, 5.41) is 14.7. The number of nitrogens with one attached hydrogen (secondary N) is 1. The van der Waals surface area contributed by atoms with Gasteiger partial charge in [-0.2, -0.15) is 11.3 Å². The van der Waals surface area contributed by atoms with Crippen LogP contribution < -0.4 is 5.32 Å². The van der Waals surface area contributed by atoms with Crippen molar-refractivity contribution in [3.63, 3.8) is 0 Å². The van der Waals surface area contributed by atoms with Gasteiger partial charge in [-0.15, -0.1) is 0 Å². The van der Waals surface area contributed by atoms with E-state index < -0.39 is 0 Å². The van der Waals surface area contributed by atoms with Crippen LogP contribution in [-0.4, -0.2) is 21.2 Å². The highest BCUT2D eigenvalue weighted by atomic mass is 32.1. The molecule has 6 nitrogen and oxygen atoms in total. The van der Waals surface area contributed by atoms with Gasteiger partial charge >= 0.3 is 0 Å². The number of hydrogen-bond donors (Lipinski definition) is 1. The molecule has 0 saturated heterocycles. The van der Waals surface area contributed by atoms with Gasteiger partial charge in [-0.1, -0.05) is 16.4 Å². The molecule has 0 aliphatic rings. The summed E-state index contributed by atoms with van der Waals surface area (Å²) < 4.78 is 4.65. The summed E-state index contributed by atoms with van der Waals surface area (Å²) in [6.07, 6.45) is 2.59. The third-order valence-electron chi connectivity index (χ3n) is 3.81. The van der Waals surface area contributed by atoms with Crippen molar-refractivity contribution >= 4 is 17.2 Å². The fourth-order valence-corrected chi connectivity index (χ4v) is 3.21. The number of nitrogens with zero attached hydrogens (tertiary/aromatic N) is 3. The zero-order chi connectivity index (χ0) is 16.9. The lowest BCUT2D eigenvalue weighted by Crippen LogP contribution is -2.32. The molecule has 0 spiro atoms. The van der Waals surface area contributed by atoms with E-state index in [1.54, 1.807) is 24.5 Å². The smallest absolute Gasteiger partial charge is 0.226 e. The van der Waals surface area contributed by atoms with E-state index in [4.69, 9.17) is 0 Å². The minimum Gasteiger partial charge on any atom is -0.347 e. The molecule has 1 atom stereocenters. The Balaban J connectivity index is 1.78. The summed E-state index contributed by atoms with van der Waals surface area (Å²) >= 11 is 1.64. The molecule has 0 saturated carbocycles. The number of amides is 1. The summed E-state index contributed by atoms with van der Waals surface area (Å²) in [6.45, 7) is 3.77. The van der Waals surface area contributed by atoms with Gasteiger partial charge in [0, 0.05) is 6.20 Å².